The first kappa shape index (κ1) is 25.2. The van der Waals surface area contributed by atoms with Crippen LogP contribution in [0.3, 0.4) is 0 Å². The maximum Gasteiger partial charge on any atom is 0.240 e. The van der Waals surface area contributed by atoms with E-state index in [0.717, 1.165) is 38.0 Å². The number of nitrogens with zero attached hydrogens (tertiary/aromatic N) is 2. The highest BCUT2D eigenvalue weighted by Crippen LogP contribution is 2.24. The van der Waals surface area contributed by atoms with Gasteiger partial charge in [0.25, 0.3) is 0 Å². The Bertz CT molecular complexity index is 830. The Morgan fingerprint density at radius 1 is 0.969 bits per heavy atom. The molecular formula is C25H41N3O3S. The highest BCUT2D eigenvalue weighted by atomic mass is 32.2. The van der Waals surface area contributed by atoms with Crippen molar-refractivity contribution in [3.05, 3.63) is 29.8 Å². The van der Waals surface area contributed by atoms with Crippen LogP contribution in [0, 0.1) is 5.92 Å². The number of hydrogen-bond acceptors (Lipinski definition) is 4. The summed E-state index contributed by atoms with van der Waals surface area (Å²) in [6.07, 6.45) is 7.64. The van der Waals surface area contributed by atoms with Crippen LogP contribution < -0.4 is 4.72 Å². The zero-order valence-electron chi connectivity index (χ0n) is 20.1. The van der Waals surface area contributed by atoms with Crippen molar-refractivity contribution in [2.75, 3.05) is 39.3 Å². The van der Waals surface area contributed by atoms with Gasteiger partial charge in [0.15, 0.2) is 0 Å². The number of carbonyl (C=O) groups excluding carboxylic acids is 1. The minimum absolute atomic E-state index is 0.0251. The van der Waals surface area contributed by atoms with Crippen molar-refractivity contribution in [1.82, 2.24) is 14.5 Å². The molecular weight excluding hydrogens is 422 g/mol. The molecule has 2 aliphatic heterocycles. The average Bonchev–Trinajstić information content (AvgIpc) is 3.02. The summed E-state index contributed by atoms with van der Waals surface area (Å²) in [5, 5.41) is 0. The Kier molecular flexibility index (Phi) is 8.75. The quantitative estimate of drug-likeness (QED) is 0.668. The lowest BCUT2D eigenvalue weighted by atomic mass is 9.87. The van der Waals surface area contributed by atoms with Crippen LogP contribution in [0.15, 0.2) is 29.2 Å². The number of amides is 1. The maximum atomic E-state index is 12.6. The average molecular weight is 464 g/mol. The molecule has 2 heterocycles. The number of sulfonamides is 1. The van der Waals surface area contributed by atoms with Crippen molar-refractivity contribution in [2.24, 2.45) is 5.92 Å². The van der Waals surface area contributed by atoms with Crippen molar-refractivity contribution in [3.8, 4) is 0 Å². The number of nitrogens with one attached hydrogen (secondary N) is 1. The van der Waals surface area contributed by atoms with Gasteiger partial charge in [0.05, 0.1) is 4.90 Å². The summed E-state index contributed by atoms with van der Waals surface area (Å²) in [4.78, 5) is 17.4. The molecule has 0 radical (unpaired) electrons. The number of piperidine rings is 1. The molecule has 2 saturated heterocycles. The van der Waals surface area contributed by atoms with Gasteiger partial charge >= 0.3 is 0 Å². The molecule has 0 aliphatic carbocycles. The van der Waals surface area contributed by atoms with E-state index in [-0.39, 0.29) is 29.2 Å². The summed E-state index contributed by atoms with van der Waals surface area (Å²) >= 11 is 0. The van der Waals surface area contributed by atoms with Crippen LogP contribution in [0.1, 0.15) is 71.3 Å². The van der Waals surface area contributed by atoms with Gasteiger partial charge in [0, 0.05) is 32.6 Å². The first-order chi connectivity index (χ1) is 15.1. The van der Waals surface area contributed by atoms with E-state index >= 15 is 0 Å². The van der Waals surface area contributed by atoms with Crippen molar-refractivity contribution in [2.45, 2.75) is 76.0 Å². The number of benzene rings is 1. The molecule has 6 nitrogen and oxygen atoms in total. The number of likely N-dealkylation sites (tertiary alicyclic amines) is 2. The Morgan fingerprint density at radius 2 is 1.56 bits per heavy atom. The van der Waals surface area contributed by atoms with Crippen LogP contribution in [0.25, 0.3) is 0 Å². The molecule has 7 heteroatoms. The third-order valence-corrected chi connectivity index (χ3v) is 8.32. The minimum atomic E-state index is -3.60. The van der Waals surface area contributed by atoms with Crippen LogP contribution in [0.2, 0.25) is 0 Å². The number of rotatable bonds is 7. The Morgan fingerprint density at radius 3 is 2.12 bits per heavy atom. The second kappa shape index (κ2) is 11.1. The molecule has 1 aromatic carbocycles. The first-order valence-corrected chi connectivity index (χ1v) is 13.7. The van der Waals surface area contributed by atoms with Gasteiger partial charge in [-0.3, -0.25) is 4.79 Å². The smallest absolute Gasteiger partial charge is 0.240 e. The zero-order valence-corrected chi connectivity index (χ0v) is 20.9. The van der Waals surface area contributed by atoms with E-state index in [1.54, 1.807) is 12.1 Å². The molecule has 3 rings (SSSR count). The molecule has 1 aromatic rings. The van der Waals surface area contributed by atoms with Gasteiger partial charge in [0.1, 0.15) is 0 Å². The van der Waals surface area contributed by atoms with E-state index in [9.17, 15) is 13.2 Å². The molecule has 0 aromatic heterocycles. The SMILES string of the molecule is CC(C)(C)c1ccc(S(=O)(=O)NCCC(=O)N2CCC(CN3CCCCCC3)CC2)cc1. The highest BCUT2D eigenvalue weighted by Gasteiger charge is 2.25. The van der Waals surface area contributed by atoms with Gasteiger partial charge in [-0.05, 0) is 67.8 Å². The van der Waals surface area contributed by atoms with Crippen LogP contribution in [-0.4, -0.2) is 63.4 Å². The molecule has 0 bridgehead atoms. The Hall–Kier alpha value is -1.44. The lowest BCUT2D eigenvalue weighted by molar-refractivity contribution is -0.132. The zero-order chi connectivity index (χ0) is 23.2. The third-order valence-electron chi connectivity index (χ3n) is 6.84. The van der Waals surface area contributed by atoms with E-state index in [1.165, 1.54) is 38.8 Å². The molecule has 1 N–H and O–H groups in total. The molecule has 32 heavy (non-hydrogen) atoms. The molecule has 0 saturated carbocycles. The van der Waals surface area contributed by atoms with Crippen molar-refractivity contribution in [3.63, 3.8) is 0 Å². The van der Waals surface area contributed by atoms with Crippen LogP contribution in [0.5, 0.6) is 0 Å². The Labute approximate surface area is 194 Å². The van der Waals surface area contributed by atoms with Gasteiger partial charge in [-0.15, -0.1) is 0 Å². The van der Waals surface area contributed by atoms with E-state index < -0.39 is 10.0 Å². The normalized spacial score (nSPS) is 19.7. The monoisotopic (exact) mass is 463 g/mol. The summed E-state index contributed by atoms with van der Waals surface area (Å²) < 4.78 is 27.7. The van der Waals surface area contributed by atoms with E-state index in [2.05, 4.69) is 30.4 Å². The van der Waals surface area contributed by atoms with Crippen LogP contribution in [-0.2, 0) is 20.2 Å². The van der Waals surface area contributed by atoms with E-state index in [1.807, 2.05) is 17.0 Å². The molecule has 0 spiro atoms. The minimum Gasteiger partial charge on any atom is -0.343 e. The van der Waals surface area contributed by atoms with Crippen molar-refractivity contribution < 1.29 is 13.2 Å². The fourth-order valence-corrected chi connectivity index (χ4v) is 5.75. The summed E-state index contributed by atoms with van der Waals surface area (Å²) in [6, 6.07) is 6.99. The summed E-state index contributed by atoms with van der Waals surface area (Å²) in [6.45, 7) is 11.6. The van der Waals surface area contributed by atoms with E-state index in [4.69, 9.17) is 0 Å². The molecule has 0 unspecified atom stereocenters. The van der Waals surface area contributed by atoms with Crippen LogP contribution in [0.4, 0.5) is 0 Å². The number of hydrogen-bond donors (Lipinski definition) is 1. The summed E-state index contributed by atoms with van der Waals surface area (Å²) in [5.41, 5.74) is 1.06. The van der Waals surface area contributed by atoms with Gasteiger partial charge in [0.2, 0.25) is 15.9 Å². The number of carbonyl (C=O) groups is 1. The van der Waals surface area contributed by atoms with Crippen LogP contribution >= 0.6 is 0 Å². The third kappa shape index (κ3) is 7.29. The van der Waals surface area contributed by atoms with Gasteiger partial charge < -0.3 is 9.80 Å². The molecule has 2 aliphatic rings. The lowest BCUT2D eigenvalue weighted by Gasteiger charge is -2.34. The summed E-state index contributed by atoms with van der Waals surface area (Å²) in [5.74, 6) is 0.718. The first-order valence-electron chi connectivity index (χ1n) is 12.3. The summed E-state index contributed by atoms with van der Waals surface area (Å²) in [7, 11) is -3.60. The fourth-order valence-electron chi connectivity index (χ4n) is 4.72. The standard InChI is InChI=1S/C25H41N3O3S/c1-25(2,3)22-8-10-23(11-9-22)32(30,31)26-15-12-24(29)28-18-13-21(14-19-28)20-27-16-6-4-5-7-17-27/h8-11,21,26H,4-7,12-20H2,1-3H3. The Balaban J connectivity index is 1.40. The van der Waals surface area contributed by atoms with Crippen molar-refractivity contribution in [1.29, 1.82) is 0 Å². The highest BCUT2D eigenvalue weighted by molar-refractivity contribution is 7.89. The molecule has 1 amide bonds. The second-order valence-electron chi connectivity index (χ2n) is 10.5. The fraction of sp³-hybridized carbons (Fsp3) is 0.720. The predicted molar refractivity (Wildman–Crippen MR) is 129 cm³/mol. The van der Waals surface area contributed by atoms with E-state index in [0.29, 0.717) is 5.92 Å². The molecule has 2 fully saturated rings. The van der Waals surface area contributed by atoms with Crippen molar-refractivity contribution >= 4 is 15.9 Å². The molecule has 180 valence electrons. The maximum absolute atomic E-state index is 12.6. The van der Waals surface area contributed by atoms with Gasteiger partial charge in [-0.25, -0.2) is 13.1 Å². The predicted octanol–water partition coefficient (Wildman–Crippen LogP) is 3.77. The van der Waals surface area contributed by atoms with Gasteiger partial charge in [-0.2, -0.15) is 0 Å². The second-order valence-corrected chi connectivity index (χ2v) is 12.2. The lowest BCUT2D eigenvalue weighted by Crippen LogP contribution is -2.42. The van der Waals surface area contributed by atoms with Gasteiger partial charge in [-0.1, -0.05) is 45.7 Å². The molecule has 0 atom stereocenters. The largest absolute Gasteiger partial charge is 0.343 e. The topological polar surface area (TPSA) is 69.7 Å².